The molecule has 0 aliphatic rings. The summed E-state index contributed by atoms with van der Waals surface area (Å²) < 4.78 is 7.16. The summed E-state index contributed by atoms with van der Waals surface area (Å²) in [5, 5.41) is 4.46. The van der Waals surface area contributed by atoms with Crippen LogP contribution in [0.3, 0.4) is 0 Å². The average molecular weight is 296 g/mol. The van der Waals surface area contributed by atoms with Crippen LogP contribution in [0, 0.1) is 20.8 Å². The van der Waals surface area contributed by atoms with E-state index in [1.807, 2.05) is 7.05 Å². The van der Waals surface area contributed by atoms with Gasteiger partial charge in [0.05, 0.1) is 6.04 Å². The third-order valence-corrected chi connectivity index (χ3v) is 4.66. The molecule has 0 bridgehead atoms. The maximum absolute atomic E-state index is 5.98. The molecule has 1 aromatic carbocycles. The maximum atomic E-state index is 5.98. The number of benzene rings is 1. The van der Waals surface area contributed by atoms with Crippen LogP contribution in [0.1, 0.15) is 35.4 Å². The zero-order valence-electron chi connectivity index (χ0n) is 10.9. The Hall–Kier alpha value is -0.800. The van der Waals surface area contributed by atoms with Crippen molar-refractivity contribution in [2.45, 2.75) is 33.7 Å². The number of aryl methyl sites for hydroxylation is 3. The summed E-state index contributed by atoms with van der Waals surface area (Å²) >= 11 is 3.64. The molecule has 0 aliphatic carbocycles. The quantitative estimate of drug-likeness (QED) is 0.888. The zero-order chi connectivity index (χ0) is 12.7. The van der Waals surface area contributed by atoms with Gasteiger partial charge in [-0.25, -0.2) is 0 Å². The summed E-state index contributed by atoms with van der Waals surface area (Å²) in [6.07, 6.45) is 0. The van der Waals surface area contributed by atoms with E-state index >= 15 is 0 Å². The van der Waals surface area contributed by atoms with Crippen LogP contribution in [0.25, 0.3) is 11.0 Å². The maximum Gasteiger partial charge on any atom is 0.135 e. The highest BCUT2D eigenvalue weighted by Gasteiger charge is 2.18. The second-order valence-electron chi connectivity index (χ2n) is 4.61. The molecule has 2 rings (SSSR count). The van der Waals surface area contributed by atoms with Crippen LogP contribution in [0.4, 0.5) is 0 Å². The van der Waals surface area contributed by atoms with Gasteiger partial charge in [-0.15, -0.1) is 0 Å². The number of hydrogen-bond acceptors (Lipinski definition) is 2. The number of furan rings is 1. The monoisotopic (exact) mass is 295 g/mol. The Kier molecular flexibility index (Phi) is 3.32. The van der Waals surface area contributed by atoms with Gasteiger partial charge >= 0.3 is 0 Å². The van der Waals surface area contributed by atoms with Crippen LogP contribution in [0.5, 0.6) is 0 Å². The van der Waals surface area contributed by atoms with Gasteiger partial charge < -0.3 is 9.73 Å². The Morgan fingerprint density at radius 2 is 1.88 bits per heavy atom. The molecule has 1 aromatic heterocycles. The smallest absolute Gasteiger partial charge is 0.135 e. The van der Waals surface area contributed by atoms with Crippen LogP contribution >= 0.6 is 15.9 Å². The number of fused-ring (bicyclic) bond motifs is 1. The second kappa shape index (κ2) is 4.46. The zero-order valence-corrected chi connectivity index (χ0v) is 12.5. The lowest BCUT2D eigenvalue weighted by molar-refractivity contribution is 0.471. The molecule has 17 heavy (non-hydrogen) atoms. The fourth-order valence-electron chi connectivity index (χ4n) is 2.33. The molecule has 0 amide bonds. The molecule has 1 unspecified atom stereocenters. The van der Waals surface area contributed by atoms with E-state index in [-0.39, 0.29) is 6.04 Å². The summed E-state index contributed by atoms with van der Waals surface area (Å²) in [5.41, 5.74) is 4.70. The lowest BCUT2D eigenvalue weighted by Crippen LogP contribution is -2.12. The highest BCUT2D eigenvalue weighted by molar-refractivity contribution is 9.10. The van der Waals surface area contributed by atoms with E-state index in [9.17, 15) is 0 Å². The van der Waals surface area contributed by atoms with Gasteiger partial charge in [-0.2, -0.15) is 0 Å². The topological polar surface area (TPSA) is 25.2 Å². The molecular weight excluding hydrogens is 278 g/mol. The molecule has 92 valence electrons. The number of halogens is 1. The van der Waals surface area contributed by atoms with E-state index in [0.717, 1.165) is 11.3 Å². The van der Waals surface area contributed by atoms with Gasteiger partial charge in [0.2, 0.25) is 0 Å². The molecule has 0 spiro atoms. The Labute approximate surface area is 111 Å². The molecule has 3 heteroatoms. The van der Waals surface area contributed by atoms with E-state index in [0.29, 0.717) is 0 Å². The van der Waals surface area contributed by atoms with Crippen LogP contribution in [-0.4, -0.2) is 7.05 Å². The van der Waals surface area contributed by atoms with Gasteiger partial charge in [0.25, 0.3) is 0 Å². The Morgan fingerprint density at radius 1 is 1.24 bits per heavy atom. The van der Waals surface area contributed by atoms with E-state index in [2.05, 4.69) is 55.0 Å². The highest BCUT2D eigenvalue weighted by atomic mass is 79.9. The molecule has 0 radical (unpaired) electrons. The molecule has 1 heterocycles. The molecule has 2 nitrogen and oxygen atoms in total. The summed E-state index contributed by atoms with van der Waals surface area (Å²) in [6, 6.07) is 2.34. The molecule has 1 atom stereocenters. The molecule has 1 N–H and O–H groups in total. The van der Waals surface area contributed by atoms with Crippen LogP contribution in [0.2, 0.25) is 0 Å². The molecule has 0 saturated carbocycles. The van der Waals surface area contributed by atoms with Gasteiger partial charge in [-0.3, -0.25) is 0 Å². The normalized spacial score (nSPS) is 13.3. The average Bonchev–Trinajstić information content (AvgIpc) is 2.62. The third kappa shape index (κ3) is 1.91. The van der Waals surface area contributed by atoms with E-state index in [1.54, 1.807) is 0 Å². The Balaban J connectivity index is 2.79. The predicted molar refractivity (Wildman–Crippen MR) is 75.6 cm³/mol. The summed E-state index contributed by atoms with van der Waals surface area (Å²) in [4.78, 5) is 0. The first-order chi connectivity index (χ1) is 7.97. The van der Waals surface area contributed by atoms with Crippen LogP contribution in [-0.2, 0) is 0 Å². The van der Waals surface area contributed by atoms with Crippen molar-refractivity contribution in [2.24, 2.45) is 0 Å². The standard InChI is InChI=1S/C14H18BrNO/c1-7-6-11-12(8(2)13(7)15)9(3)14(17-11)10(4)16-5/h6,10,16H,1-5H3. The highest BCUT2D eigenvalue weighted by Crippen LogP contribution is 2.36. The fraction of sp³-hybridized carbons (Fsp3) is 0.429. The molecule has 0 aliphatic heterocycles. The van der Waals surface area contributed by atoms with Crippen LogP contribution < -0.4 is 5.32 Å². The number of rotatable bonds is 2. The van der Waals surface area contributed by atoms with Gasteiger partial charge in [0.1, 0.15) is 11.3 Å². The first-order valence-corrected chi connectivity index (χ1v) is 6.62. The largest absolute Gasteiger partial charge is 0.459 e. The lowest BCUT2D eigenvalue weighted by atomic mass is 10.0. The fourth-order valence-corrected chi connectivity index (χ4v) is 2.64. The van der Waals surface area contributed by atoms with Crippen molar-refractivity contribution in [3.63, 3.8) is 0 Å². The summed E-state index contributed by atoms with van der Waals surface area (Å²) in [6.45, 7) is 8.47. The summed E-state index contributed by atoms with van der Waals surface area (Å²) in [7, 11) is 1.95. The van der Waals surface area contributed by atoms with Crippen molar-refractivity contribution in [1.29, 1.82) is 0 Å². The van der Waals surface area contributed by atoms with Crippen molar-refractivity contribution in [3.8, 4) is 0 Å². The van der Waals surface area contributed by atoms with Gasteiger partial charge in [0, 0.05) is 15.4 Å². The van der Waals surface area contributed by atoms with E-state index in [4.69, 9.17) is 4.42 Å². The lowest BCUT2D eigenvalue weighted by Gasteiger charge is -2.07. The van der Waals surface area contributed by atoms with Crippen molar-refractivity contribution in [1.82, 2.24) is 5.32 Å². The van der Waals surface area contributed by atoms with E-state index < -0.39 is 0 Å². The van der Waals surface area contributed by atoms with Gasteiger partial charge in [-0.1, -0.05) is 15.9 Å². The molecule has 0 fully saturated rings. The summed E-state index contributed by atoms with van der Waals surface area (Å²) in [5.74, 6) is 1.03. The molecule has 0 saturated heterocycles. The number of nitrogens with one attached hydrogen (secondary N) is 1. The first kappa shape index (κ1) is 12.7. The van der Waals surface area contributed by atoms with Gasteiger partial charge in [-0.05, 0) is 51.9 Å². The SMILES string of the molecule is CNC(C)c1oc2cc(C)c(Br)c(C)c2c1C. The molecular formula is C14H18BrNO. The number of hydrogen-bond donors (Lipinski definition) is 1. The minimum Gasteiger partial charge on any atom is -0.459 e. The third-order valence-electron chi connectivity index (χ3n) is 3.44. The molecule has 2 aromatic rings. The first-order valence-electron chi connectivity index (χ1n) is 5.83. The predicted octanol–water partition coefficient (Wildman–Crippen LogP) is 4.40. The Morgan fingerprint density at radius 3 is 2.47 bits per heavy atom. The van der Waals surface area contributed by atoms with E-state index in [1.165, 1.54) is 26.5 Å². The minimum absolute atomic E-state index is 0.237. The van der Waals surface area contributed by atoms with Crippen molar-refractivity contribution >= 4 is 26.9 Å². The second-order valence-corrected chi connectivity index (χ2v) is 5.40. The Bertz CT molecular complexity index is 571. The van der Waals surface area contributed by atoms with Gasteiger partial charge in [0.15, 0.2) is 0 Å². The minimum atomic E-state index is 0.237. The van der Waals surface area contributed by atoms with Crippen LogP contribution in [0.15, 0.2) is 15.0 Å². The van der Waals surface area contributed by atoms with Crippen molar-refractivity contribution < 1.29 is 4.42 Å². The van der Waals surface area contributed by atoms with Crippen molar-refractivity contribution in [2.75, 3.05) is 7.05 Å². The van der Waals surface area contributed by atoms with Crippen molar-refractivity contribution in [3.05, 3.63) is 33.0 Å².